The topological polar surface area (TPSA) is 83.6 Å². The van der Waals surface area contributed by atoms with Crippen LogP contribution in [0.25, 0.3) is 0 Å². The number of Topliss-reactive ketones (excluding diaryl/α,β-unsaturated/α-hetero) is 1. The second-order valence-corrected chi connectivity index (χ2v) is 8.56. The van der Waals surface area contributed by atoms with Gasteiger partial charge in [-0.15, -0.1) is 0 Å². The third-order valence-electron chi connectivity index (χ3n) is 4.44. The molecule has 0 aromatic heterocycles. The van der Waals surface area contributed by atoms with Crippen LogP contribution in [0.1, 0.15) is 42.5 Å². The molecule has 1 saturated heterocycles. The Bertz CT molecular complexity index is 688. The summed E-state index contributed by atoms with van der Waals surface area (Å²) in [7, 11) is -3.16. The zero-order valence-corrected chi connectivity index (χ0v) is 15.4. The minimum Gasteiger partial charge on any atom is -0.356 e. The second-order valence-electron chi connectivity index (χ2n) is 6.58. The van der Waals surface area contributed by atoms with Gasteiger partial charge in [-0.3, -0.25) is 9.59 Å². The molecule has 0 aliphatic carbocycles. The maximum Gasteiger partial charge on any atom is 0.220 e. The van der Waals surface area contributed by atoms with Crippen molar-refractivity contribution in [1.82, 2.24) is 9.62 Å². The van der Waals surface area contributed by atoms with Crippen molar-refractivity contribution < 1.29 is 18.0 Å². The van der Waals surface area contributed by atoms with Gasteiger partial charge in [-0.05, 0) is 25.2 Å². The van der Waals surface area contributed by atoms with E-state index in [9.17, 15) is 18.0 Å². The second kappa shape index (κ2) is 9.10. The molecule has 1 fully saturated rings. The summed E-state index contributed by atoms with van der Waals surface area (Å²) in [5, 5.41) is 2.87. The first-order valence-electron chi connectivity index (χ1n) is 8.66. The number of piperidine rings is 1. The molecule has 6 nitrogen and oxygen atoms in total. The van der Waals surface area contributed by atoms with Crippen molar-refractivity contribution in [3.8, 4) is 0 Å². The summed E-state index contributed by atoms with van der Waals surface area (Å²) in [6.45, 7) is 1.51. The Kier molecular flexibility index (Phi) is 7.13. The zero-order valence-electron chi connectivity index (χ0n) is 14.6. The molecule has 1 unspecified atom stereocenters. The molecule has 1 N–H and O–H groups in total. The van der Waals surface area contributed by atoms with Gasteiger partial charge in [0, 0.05) is 38.0 Å². The number of ketones is 1. The highest BCUT2D eigenvalue weighted by molar-refractivity contribution is 7.88. The molecular weight excluding hydrogens is 340 g/mol. The summed E-state index contributed by atoms with van der Waals surface area (Å²) in [6.07, 6.45) is 4.12. The van der Waals surface area contributed by atoms with Crippen molar-refractivity contribution in [3.63, 3.8) is 0 Å². The summed E-state index contributed by atoms with van der Waals surface area (Å²) >= 11 is 0. The van der Waals surface area contributed by atoms with E-state index < -0.39 is 10.0 Å². The maximum atomic E-state index is 12.0. The van der Waals surface area contributed by atoms with Crippen LogP contribution in [0.4, 0.5) is 0 Å². The molecule has 1 heterocycles. The van der Waals surface area contributed by atoms with Gasteiger partial charge in [0.05, 0.1) is 6.26 Å². The molecule has 7 heteroatoms. The molecule has 1 aliphatic rings. The standard InChI is InChI=1S/C18H26N2O4S/c1-25(23,24)20-12-6-7-15(14-20)13-19-18(22)11-5-10-17(21)16-8-3-2-4-9-16/h2-4,8-9,15H,5-7,10-14H2,1H3,(H,19,22). The van der Waals surface area contributed by atoms with Gasteiger partial charge in [0.15, 0.2) is 5.78 Å². The predicted octanol–water partition coefficient (Wildman–Crippen LogP) is 1.83. The Balaban J connectivity index is 1.66. The lowest BCUT2D eigenvalue weighted by molar-refractivity contribution is -0.121. The molecule has 25 heavy (non-hydrogen) atoms. The van der Waals surface area contributed by atoms with Crippen molar-refractivity contribution in [1.29, 1.82) is 0 Å². The first-order chi connectivity index (χ1) is 11.9. The van der Waals surface area contributed by atoms with Gasteiger partial charge in [0.25, 0.3) is 0 Å². The summed E-state index contributed by atoms with van der Waals surface area (Å²) in [5.74, 6) is 0.111. The van der Waals surface area contributed by atoms with Crippen LogP contribution in [0, 0.1) is 5.92 Å². The van der Waals surface area contributed by atoms with Crippen LogP contribution < -0.4 is 5.32 Å². The Hall–Kier alpha value is -1.73. The fourth-order valence-electron chi connectivity index (χ4n) is 3.02. The van der Waals surface area contributed by atoms with Gasteiger partial charge < -0.3 is 5.32 Å². The average molecular weight is 366 g/mol. The van der Waals surface area contributed by atoms with Gasteiger partial charge in [-0.1, -0.05) is 30.3 Å². The molecule has 0 radical (unpaired) electrons. The Morgan fingerprint density at radius 1 is 1.20 bits per heavy atom. The van der Waals surface area contributed by atoms with Gasteiger partial charge in [-0.2, -0.15) is 0 Å². The molecule has 138 valence electrons. The summed E-state index contributed by atoms with van der Waals surface area (Å²) < 4.78 is 24.7. The van der Waals surface area contributed by atoms with Gasteiger partial charge in [0.2, 0.25) is 15.9 Å². The highest BCUT2D eigenvalue weighted by Crippen LogP contribution is 2.18. The summed E-state index contributed by atoms with van der Waals surface area (Å²) in [4.78, 5) is 23.9. The smallest absolute Gasteiger partial charge is 0.220 e. The number of sulfonamides is 1. The lowest BCUT2D eigenvalue weighted by atomic mass is 9.99. The summed E-state index contributed by atoms with van der Waals surface area (Å²) in [5.41, 5.74) is 0.672. The molecule has 0 bridgehead atoms. The van der Waals surface area contributed by atoms with E-state index in [1.54, 1.807) is 12.1 Å². The fraction of sp³-hybridized carbons (Fsp3) is 0.556. The van der Waals surface area contributed by atoms with E-state index in [1.807, 2.05) is 18.2 Å². The van der Waals surface area contributed by atoms with Gasteiger partial charge in [-0.25, -0.2) is 12.7 Å². The molecule has 1 aliphatic heterocycles. The van der Waals surface area contributed by atoms with E-state index >= 15 is 0 Å². The largest absolute Gasteiger partial charge is 0.356 e. The highest BCUT2D eigenvalue weighted by atomic mass is 32.2. The van der Waals surface area contributed by atoms with E-state index in [0.717, 1.165) is 12.8 Å². The quantitative estimate of drug-likeness (QED) is 0.712. The number of hydrogen-bond acceptors (Lipinski definition) is 4. The Labute approximate surface area is 149 Å². The van der Waals surface area contributed by atoms with E-state index in [0.29, 0.717) is 44.5 Å². The molecule has 0 spiro atoms. The normalized spacial score (nSPS) is 18.7. The third-order valence-corrected chi connectivity index (χ3v) is 5.71. The molecular formula is C18H26N2O4S. The highest BCUT2D eigenvalue weighted by Gasteiger charge is 2.25. The van der Waals surface area contributed by atoms with Crippen molar-refractivity contribution in [2.45, 2.75) is 32.1 Å². The third kappa shape index (κ3) is 6.59. The molecule has 1 amide bonds. The first kappa shape index (κ1) is 19.6. The van der Waals surface area contributed by atoms with Gasteiger partial charge >= 0.3 is 0 Å². The van der Waals surface area contributed by atoms with E-state index in [-0.39, 0.29) is 17.6 Å². The van der Waals surface area contributed by atoms with Crippen LogP contribution in [-0.4, -0.2) is 50.3 Å². The SMILES string of the molecule is CS(=O)(=O)N1CCCC(CNC(=O)CCCC(=O)c2ccccc2)C1. The first-order valence-corrected chi connectivity index (χ1v) is 10.5. The van der Waals surface area contributed by atoms with Crippen LogP contribution >= 0.6 is 0 Å². The minimum absolute atomic E-state index is 0.0458. The average Bonchev–Trinajstić information content (AvgIpc) is 2.60. The lowest BCUT2D eigenvalue weighted by Gasteiger charge is -2.30. The van der Waals surface area contributed by atoms with Crippen LogP contribution in [-0.2, 0) is 14.8 Å². The van der Waals surface area contributed by atoms with Crippen molar-refractivity contribution >= 4 is 21.7 Å². The Morgan fingerprint density at radius 2 is 1.92 bits per heavy atom. The van der Waals surface area contributed by atoms with Gasteiger partial charge in [0.1, 0.15) is 0 Å². The number of amides is 1. The molecule has 1 atom stereocenters. The van der Waals surface area contributed by atoms with Crippen LogP contribution in [0.5, 0.6) is 0 Å². The van der Waals surface area contributed by atoms with Crippen LogP contribution in [0.3, 0.4) is 0 Å². The number of hydrogen-bond donors (Lipinski definition) is 1. The zero-order chi connectivity index (χ0) is 18.3. The number of benzene rings is 1. The number of carbonyl (C=O) groups is 2. The lowest BCUT2D eigenvalue weighted by Crippen LogP contribution is -2.43. The van der Waals surface area contributed by atoms with Crippen LogP contribution in [0.15, 0.2) is 30.3 Å². The molecule has 1 aromatic rings. The van der Waals surface area contributed by atoms with Crippen molar-refractivity contribution in [3.05, 3.63) is 35.9 Å². The predicted molar refractivity (Wildman–Crippen MR) is 96.8 cm³/mol. The summed E-state index contributed by atoms with van der Waals surface area (Å²) in [6, 6.07) is 9.06. The van der Waals surface area contributed by atoms with Crippen molar-refractivity contribution in [2.24, 2.45) is 5.92 Å². The monoisotopic (exact) mass is 366 g/mol. The number of rotatable bonds is 8. The van der Waals surface area contributed by atoms with Crippen molar-refractivity contribution in [2.75, 3.05) is 25.9 Å². The minimum atomic E-state index is -3.16. The van der Waals surface area contributed by atoms with Crippen LogP contribution in [0.2, 0.25) is 0 Å². The van der Waals surface area contributed by atoms with E-state index in [4.69, 9.17) is 0 Å². The number of carbonyl (C=O) groups excluding carboxylic acids is 2. The van der Waals surface area contributed by atoms with E-state index in [1.165, 1.54) is 10.6 Å². The molecule has 2 rings (SSSR count). The number of nitrogens with one attached hydrogen (secondary N) is 1. The number of nitrogens with zero attached hydrogens (tertiary/aromatic N) is 1. The fourth-order valence-corrected chi connectivity index (χ4v) is 3.96. The maximum absolute atomic E-state index is 12.0. The molecule has 0 saturated carbocycles. The van der Waals surface area contributed by atoms with E-state index in [2.05, 4.69) is 5.32 Å². The Morgan fingerprint density at radius 3 is 2.60 bits per heavy atom. The molecule has 1 aromatic carbocycles.